The third-order valence-electron chi connectivity index (χ3n) is 5.33. The molecule has 0 unspecified atom stereocenters. The van der Waals surface area contributed by atoms with E-state index in [9.17, 15) is 5.11 Å². The zero-order valence-electron chi connectivity index (χ0n) is 13.8. The lowest BCUT2D eigenvalue weighted by Gasteiger charge is -2.46. The molecule has 1 aliphatic heterocycles. The van der Waals surface area contributed by atoms with E-state index < -0.39 is 5.60 Å². The number of hydrogen-bond donors (Lipinski definition) is 1. The highest BCUT2D eigenvalue weighted by molar-refractivity contribution is 5.37. The molecule has 0 saturated carbocycles. The van der Waals surface area contributed by atoms with Crippen LogP contribution in [0.4, 0.5) is 0 Å². The third kappa shape index (κ3) is 2.91. The maximum atomic E-state index is 11.1. The molecule has 2 rings (SSSR count). The molecule has 0 amide bonds. The standard InChI is InChI=1S/C18H29NO/c1-12-7-14(3)17(8-13(12)2)10-18(20)9-16(5)19(6)11-15(18)4/h7-8,15-16,20H,9-11H2,1-6H3/t15-,16-,18+/m1/s1. The fraction of sp³-hybridized carbons (Fsp3) is 0.667. The summed E-state index contributed by atoms with van der Waals surface area (Å²) in [5.41, 5.74) is 4.70. The van der Waals surface area contributed by atoms with Gasteiger partial charge < -0.3 is 10.0 Å². The van der Waals surface area contributed by atoms with Crippen LogP contribution >= 0.6 is 0 Å². The van der Waals surface area contributed by atoms with Gasteiger partial charge in [0.1, 0.15) is 0 Å². The average Bonchev–Trinajstić information content (AvgIpc) is 2.34. The van der Waals surface area contributed by atoms with Gasteiger partial charge in [0, 0.05) is 19.0 Å². The highest BCUT2D eigenvalue weighted by Crippen LogP contribution is 2.34. The van der Waals surface area contributed by atoms with Crippen molar-refractivity contribution in [2.24, 2.45) is 5.92 Å². The van der Waals surface area contributed by atoms with Gasteiger partial charge in [0.05, 0.1) is 5.60 Å². The second kappa shape index (κ2) is 5.50. The molecule has 0 bridgehead atoms. The van der Waals surface area contributed by atoms with Gasteiger partial charge in [0.25, 0.3) is 0 Å². The van der Waals surface area contributed by atoms with Gasteiger partial charge in [-0.15, -0.1) is 0 Å². The largest absolute Gasteiger partial charge is 0.389 e. The fourth-order valence-corrected chi connectivity index (χ4v) is 3.44. The van der Waals surface area contributed by atoms with Crippen molar-refractivity contribution in [2.45, 2.75) is 59.1 Å². The van der Waals surface area contributed by atoms with Crippen molar-refractivity contribution in [2.75, 3.05) is 13.6 Å². The van der Waals surface area contributed by atoms with Crippen LogP contribution in [0.1, 0.15) is 42.5 Å². The first-order valence-corrected chi connectivity index (χ1v) is 7.72. The zero-order valence-corrected chi connectivity index (χ0v) is 13.8. The Labute approximate surface area is 123 Å². The summed E-state index contributed by atoms with van der Waals surface area (Å²) in [4.78, 5) is 2.35. The molecule has 112 valence electrons. The Kier molecular flexibility index (Phi) is 4.27. The molecule has 1 aliphatic rings. The van der Waals surface area contributed by atoms with Crippen molar-refractivity contribution >= 4 is 0 Å². The molecular formula is C18H29NO. The van der Waals surface area contributed by atoms with Gasteiger partial charge in [-0.2, -0.15) is 0 Å². The molecule has 1 heterocycles. The number of likely N-dealkylation sites (tertiary alicyclic amines) is 1. The lowest BCUT2D eigenvalue weighted by atomic mass is 9.74. The van der Waals surface area contributed by atoms with Gasteiger partial charge >= 0.3 is 0 Å². The Morgan fingerprint density at radius 1 is 1.15 bits per heavy atom. The molecule has 1 aromatic carbocycles. The lowest BCUT2D eigenvalue weighted by molar-refractivity contribution is -0.0779. The number of hydrogen-bond acceptors (Lipinski definition) is 2. The maximum Gasteiger partial charge on any atom is 0.0740 e. The zero-order chi connectivity index (χ0) is 15.1. The van der Waals surface area contributed by atoms with E-state index in [1.54, 1.807) is 0 Å². The normalized spacial score (nSPS) is 31.6. The summed E-state index contributed by atoms with van der Waals surface area (Å²) in [6.07, 6.45) is 1.64. The predicted octanol–water partition coefficient (Wildman–Crippen LogP) is 3.25. The van der Waals surface area contributed by atoms with Crippen molar-refractivity contribution in [3.63, 3.8) is 0 Å². The summed E-state index contributed by atoms with van der Waals surface area (Å²) in [6, 6.07) is 4.96. The smallest absolute Gasteiger partial charge is 0.0740 e. The van der Waals surface area contributed by atoms with E-state index in [-0.39, 0.29) is 0 Å². The summed E-state index contributed by atoms with van der Waals surface area (Å²) >= 11 is 0. The summed E-state index contributed by atoms with van der Waals surface area (Å²) in [7, 11) is 2.15. The van der Waals surface area contributed by atoms with Crippen LogP contribution in [0.5, 0.6) is 0 Å². The van der Waals surface area contributed by atoms with Crippen LogP contribution in [0.25, 0.3) is 0 Å². The molecule has 20 heavy (non-hydrogen) atoms. The minimum atomic E-state index is -0.571. The van der Waals surface area contributed by atoms with E-state index in [0.29, 0.717) is 12.0 Å². The minimum Gasteiger partial charge on any atom is -0.389 e. The van der Waals surface area contributed by atoms with Crippen LogP contribution < -0.4 is 0 Å². The molecule has 1 fully saturated rings. The van der Waals surface area contributed by atoms with E-state index in [1.165, 1.54) is 22.3 Å². The quantitative estimate of drug-likeness (QED) is 0.895. The highest BCUT2D eigenvalue weighted by Gasteiger charge is 2.41. The van der Waals surface area contributed by atoms with Gasteiger partial charge in [-0.05, 0) is 69.3 Å². The van der Waals surface area contributed by atoms with E-state index in [4.69, 9.17) is 0 Å². The Morgan fingerprint density at radius 3 is 2.40 bits per heavy atom. The molecule has 2 nitrogen and oxygen atoms in total. The van der Waals surface area contributed by atoms with Gasteiger partial charge in [-0.25, -0.2) is 0 Å². The van der Waals surface area contributed by atoms with Gasteiger partial charge in [-0.1, -0.05) is 19.1 Å². The molecule has 0 aromatic heterocycles. The Hall–Kier alpha value is -0.860. The van der Waals surface area contributed by atoms with Crippen LogP contribution in [0.3, 0.4) is 0 Å². The van der Waals surface area contributed by atoms with Gasteiger partial charge in [0.2, 0.25) is 0 Å². The SMILES string of the molecule is Cc1cc(C)c(C[C@@]2(O)C[C@@H](C)N(C)C[C@H]2C)cc1C. The number of rotatable bonds is 2. The topological polar surface area (TPSA) is 23.5 Å². The summed E-state index contributed by atoms with van der Waals surface area (Å²) in [5, 5.41) is 11.1. The molecule has 1 saturated heterocycles. The van der Waals surface area contributed by atoms with Crippen LogP contribution in [-0.4, -0.2) is 35.2 Å². The van der Waals surface area contributed by atoms with E-state index in [1.807, 2.05) is 0 Å². The molecule has 1 N–H and O–H groups in total. The molecule has 1 aromatic rings. The number of aliphatic hydroxyl groups is 1. The summed E-state index contributed by atoms with van der Waals surface area (Å²) in [5.74, 6) is 0.310. The Morgan fingerprint density at radius 2 is 1.75 bits per heavy atom. The first kappa shape index (κ1) is 15.5. The first-order chi connectivity index (χ1) is 9.23. The van der Waals surface area contributed by atoms with Crippen LogP contribution in [0.2, 0.25) is 0 Å². The molecular weight excluding hydrogens is 246 g/mol. The highest BCUT2D eigenvalue weighted by atomic mass is 16.3. The number of piperidine rings is 1. The number of nitrogens with zero attached hydrogens (tertiary/aromatic N) is 1. The van der Waals surface area contributed by atoms with E-state index in [0.717, 1.165) is 19.4 Å². The van der Waals surface area contributed by atoms with Crippen molar-refractivity contribution < 1.29 is 5.11 Å². The van der Waals surface area contributed by atoms with Crippen LogP contribution in [-0.2, 0) is 6.42 Å². The second-order valence-electron chi connectivity index (χ2n) is 7.04. The van der Waals surface area contributed by atoms with Gasteiger partial charge in [0.15, 0.2) is 0 Å². The van der Waals surface area contributed by atoms with Crippen LogP contribution in [0, 0.1) is 26.7 Å². The van der Waals surface area contributed by atoms with Crippen molar-refractivity contribution in [3.8, 4) is 0 Å². The molecule has 0 spiro atoms. The van der Waals surface area contributed by atoms with Crippen molar-refractivity contribution in [3.05, 3.63) is 34.4 Å². The van der Waals surface area contributed by atoms with E-state index in [2.05, 4.69) is 58.7 Å². The Balaban J connectivity index is 2.26. The van der Waals surface area contributed by atoms with E-state index >= 15 is 0 Å². The minimum absolute atomic E-state index is 0.310. The monoisotopic (exact) mass is 275 g/mol. The number of benzene rings is 1. The predicted molar refractivity (Wildman–Crippen MR) is 85.2 cm³/mol. The molecule has 2 heteroatoms. The van der Waals surface area contributed by atoms with Crippen LogP contribution in [0.15, 0.2) is 12.1 Å². The van der Waals surface area contributed by atoms with Gasteiger partial charge in [-0.3, -0.25) is 0 Å². The molecule has 3 atom stereocenters. The average molecular weight is 275 g/mol. The Bertz CT molecular complexity index is 496. The lowest BCUT2D eigenvalue weighted by Crippen LogP contribution is -2.54. The second-order valence-corrected chi connectivity index (χ2v) is 7.04. The van der Waals surface area contributed by atoms with Crippen molar-refractivity contribution in [1.82, 2.24) is 4.90 Å². The first-order valence-electron chi connectivity index (χ1n) is 7.72. The fourth-order valence-electron chi connectivity index (χ4n) is 3.44. The molecule has 0 radical (unpaired) electrons. The van der Waals surface area contributed by atoms with Crippen molar-refractivity contribution in [1.29, 1.82) is 0 Å². The number of aryl methyl sites for hydroxylation is 3. The maximum absolute atomic E-state index is 11.1. The summed E-state index contributed by atoms with van der Waals surface area (Å²) < 4.78 is 0. The summed E-state index contributed by atoms with van der Waals surface area (Å²) in [6.45, 7) is 11.8. The third-order valence-corrected chi connectivity index (χ3v) is 5.33. The molecule has 0 aliphatic carbocycles.